The summed E-state index contributed by atoms with van der Waals surface area (Å²) < 4.78 is 37.8. The summed E-state index contributed by atoms with van der Waals surface area (Å²) in [6, 6.07) is 5.21. The minimum Gasteiger partial charge on any atom is -0.295 e. The number of ketones is 1. The van der Waals surface area contributed by atoms with Crippen LogP contribution in [0, 0.1) is 0 Å². The molecule has 102 valence electrons. The van der Waals surface area contributed by atoms with Crippen LogP contribution in [0.2, 0.25) is 0 Å². The van der Waals surface area contributed by atoms with Crippen molar-refractivity contribution in [3.8, 4) is 0 Å². The Morgan fingerprint density at radius 1 is 1.21 bits per heavy atom. The third-order valence-electron chi connectivity index (χ3n) is 3.05. The molecule has 1 aliphatic carbocycles. The van der Waals surface area contributed by atoms with Gasteiger partial charge >= 0.3 is 6.18 Å². The van der Waals surface area contributed by atoms with E-state index >= 15 is 0 Å². The first kappa shape index (κ1) is 14.2. The van der Waals surface area contributed by atoms with Crippen LogP contribution in [0.4, 0.5) is 13.2 Å². The zero-order valence-corrected chi connectivity index (χ0v) is 11.2. The fraction of sp³-hybridized carbons (Fsp3) is 0.357. The second-order valence-electron chi connectivity index (χ2n) is 4.45. The molecular formula is C14H13F3OS. The third-order valence-corrected chi connectivity index (χ3v) is 4.29. The Kier molecular flexibility index (Phi) is 4.04. The smallest absolute Gasteiger partial charge is 0.295 e. The molecule has 1 nitrogen and oxygen atoms in total. The first-order valence-corrected chi connectivity index (χ1v) is 6.77. The highest BCUT2D eigenvalue weighted by atomic mass is 32.2. The first-order chi connectivity index (χ1) is 8.88. The molecule has 0 fully saturated rings. The van der Waals surface area contributed by atoms with E-state index in [1.165, 1.54) is 17.8 Å². The zero-order valence-electron chi connectivity index (χ0n) is 10.4. The van der Waals surface area contributed by atoms with Gasteiger partial charge in [-0.2, -0.15) is 13.2 Å². The van der Waals surface area contributed by atoms with Crippen molar-refractivity contribution in [2.75, 3.05) is 0 Å². The van der Waals surface area contributed by atoms with Gasteiger partial charge in [0.1, 0.15) is 0 Å². The van der Waals surface area contributed by atoms with Crippen molar-refractivity contribution in [3.05, 3.63) is 40.3 Å². The summed E-state index contributed by atoms with van der Waals surface area (Å²) in [5, 5.41) is 0. The van der Waals surface area contributed by atoms with Gasteiger partial charge in [0.25, 0.3) is 0 Å². The van der Waals surface area contributed by atoms with Gasteiger partial charge in [-0.3, -0.25) is 4.79 Å². The molecule has 1 aliphatic rings. The SMILES string of the molecule is CC1=C(Sc2cccc(C(F)(F)F)c2)CCCC1=O. The summed E-state index contributed by atoms with van der Waals surface area (Å²) in [5.41, 5.74) is 0.0338. The molecule has 0 N–H and O–H groups in total. The van der Waals surface area contributed by atoms with E-state index in [9.17, 15) is 18.0 Å². The lowest BCUT2D eigenvalue weighted by molar-refractivity contribution is -0.137. The van der Waals surface area contributed by atoms with Crippen LogP contribution in [-0.2, 0) is 11.0 Å². The Morgan fingerprint density at radius 3 is 2.63 bits per heavy atom. The molecule has 1 aromatic rings. The van der Waals surface area contributed by atoms with E-state index in [1.54, 1.807) is 13.0 Å². The quantitative estimate of drug-likeness (QED) is 0.775. The Hall–Kier alpha value is -1.23. The minimum absolute atomic E-state index is 0.0979. The molecule has 0 aliphatic heterocycles. The molecule has 0 saturated heterocycles. The molecule has 0 radical (unpaired) electrons. The molecule has 2 rings (SSSR count). The average molecular weight is 286 g/mol. The van der Waals surface area contributed by atoms with Gasteiger partial charge < -0.3 is 0 Å². The number of rotatable bonds is 2. The predicted octanol–water partition coefficient (Wildman–Crippen LogP) is 4.82. The number of alkyl halides is 3. The topological polar surface area (TPSA) is 17.1 Å². The number of halogens is 3. The number of allylic oxidation sites excluding steroid dienone is 2. The van der Waals surface area contributed by atoms with Crippen LogP contribution in [0.5, 0.6) is 0 Å². The molecule has 0 unspecified atom stereocenters. The number of hydrogen-bond donors (Lipinski definition) is 0. The fourth-order valence-corrected chi connectivity index (χ4v) is 3.08. The van der Waals surface area contributed by atoms with Crippen LogP contribution in [0.15, 0.2) is 39.6 Å². The number of carbonyl (C=O) groups excluding carboxylic acids is 1. The Morgan fingerprint density at radius 2 is 1.95 bits per heavy atom. The van der Waals surface area contributed by atoms with Crippen molar-refractivity contribution in [2.24, 2.45) is 0 Å². The van der Waals surface area contributed by atoms with Gasteiger partial charge in [-0.25, -0.2) is 0 Å². The third kappa shape index (κ3) is 3.41. The lowest BCUT2D eigenvalue weighted by Crippen LogP contribution is -2.08. The molecule has 0 heterocycles. The van der Waals surface area contributed by atoms with Gasteiger partial charge in [-0.05, 0) is 42.9 Å². The van der Waals surface area contributed by atoms with Crippen molar-refractivity contribution < 1.29 is 18.0 Å². The van der Waals surface area contributed by atoms with Crippen molar-refractivity contribution in [2.45, 2.75) is 37.3 Å². The largest absolute Gasteiger partial charge is 0.416 e. The second kappa shape index (κ2) is 5.41. The molecule has 0 atom stereocenters. The predicted molar refractivity (Wildman–Crippen MR) is 68.9 cm³/mol. The van der Waals surface area contributed by atoms with E-state index < -0.39 is 11.7 Å². The van der Waals surface area contributed by atoms with E-state index in [1.807, 2.05) is 0 Å². The highest BCUT2D eigenvalue weighted by molar-refractivity contribution is 8.03. The van der Waals surface area contributed by atoms with Crippen LogP contribution < -0.4 is 0 Å². The number of hydrogen-bond acceptors (Lipinski definition) is 2. The van der Waals surface area contributed by atoms with Crippen LogP contribution in [0.3, 0.4) is 0 Å². The van der Waals surface area contributed by atoms with Crippen LogP contribution in [-0.4, -0.2) is 5.78 Å². The van der Waals surface area contributed by atoms with Gasteiger partial charge in [0.2, 0.25) is 0 Å². The van der Waals surface area contributed by atoms with Gasteiger partial charge in [-0.15, -0.1) is 0 Å². The average Bonchev–Trinajstić information content (AvgIpc) is 2.34. The van der Waals surface area contributed by atoms with E-state index in [0.717, 1.165) is 29.9 Å². The molecular weight excluding hydrogens is 273 g/mol. The fourth-order valence-electron chi connectivity index (χ4n) is 1.95. The molecule has 0 saturated carbocycles. The molecule has 0 spiro atoms. The summed E-state index contributed by atoms with van der Waals surface area (Å²) in [5.74, 6) is 0.0979. The first-order valence-electron chi connectivity index (χ1n) is 5.96. The maximum absolute atomic E-state index is 12.6. The molecule has 5 heteroatoms. The van der Waals surface area contributed by atoms with Crippen LogP contribution in [0.25, 0.3) is 0 Å². The number of benzene rings is 1. The van der Waals surface area contributed by atoms with Crippen molar-refractivity contribution >= 4 is 17.5 Å². The minimum atomic E-state index is -4.33. The summed E-state index contributed by atoms with van der Waals surface area (Å²) in [4.78, 5) is 13.0. The van der Waals surface area contributed by atoms with Crippen molar-refractivity contribution in [3.63, 3.8) is 0 Å². The van der Waals surface area contributed by atoms with Crippen LogP contribution >= 0.6 is 11.8 Å². The monoisotopic (exact) mass is 286 g/mol. The summed E-state index contributed by atoms with van der Waals surface area (Å²) in [6.45, 7) is 1.75. The number of carbonyl (C=O) groups is 1. The van der Waals surface area contributed by atoms with Gasteiger partial charge in [0.15, 0.2) is 5.78 Å². The second-order valence-corrected chi connectivity index (χ2v) is 5.62. The Balaban J connectivity index is 2.25. The maximum Gasteiger partial charge on any atom is 0.416 e. The zero-order chi connectivity index (χ0) is 14.0. The highest BCUT2D eigenvalue weighted by Gasteiger charge is 2.30. The lowest BCUT2D eigenvalue weighted by Gasteiger charge is -2.16. The lowest BCUT2D eigenvalue weighted by atomic mass is 9.99. The Bertz CT molecular complexity index is 532. The van der Waals surface area contributed by atoms with E-state index in [0.29, 0.717) is 16.9 Å². The molecule has 0 bridgehead atoms. The standard InChI is InChI=1S/C14H13F3OS/c1-9-12(18)6-3-7-13(9)19-11-5-2-4-10(8-11)14(15,16)17/h2,4-5,8H,3,6-7H2,1H3. The van der Waals surface area contributed by atoms with E-state index in [-0.39, 0.29) is 5.78 Å². The van der Waals surface area contributed by atoms with Crippen molar-refractivity contribution in [1.29, 1.82) is 0 Å². The highest BCUT2D eigenvalue weighted by Crippen LogP contribution is 2.38. The maximum atomic E-state index is 12.6. The summed E-state index contributed by atoms with van der Waals surface area (Å²) in [7, 11) is 0. The van der Waals surface area contributed by atoms with Gasteiger partial charge in [-0.1, -0.05) is 17.8 Å². The Labute approximate surface area is 113 Å². The molecule has 0 aromatic heterocycles. The van der Waals surface area contributed by atoms with Crippen LogP contribution in [0.1, 0.15) is 31.7 Å². The number of thioether (sulfide) groups is 1. The molecule has 0 amide bonds. The van der Waals surface area contributed by atoms with Crippen molar-refractivity contribution in [1.82, 2.24) is 0 Å². The van der Waals surface area contributed by atoms with Gasteiger partial charge in [0.05, 0.1) is 5.56 Å². The van der Waals surface area contributed by atoms with E-state index in [4.69, 9.17) is 0 Å². The van der Waals surface area contributed by atoms with Gasteiger partial charge in [0, 0.05) is 16.9 Å². The number of Topliss-reactive ketones (excluding diaryl/α,β-unsaturated/α-hetero) is 1. The molecule has 1 aromatic carbocycles. The van der Waals surface area contributed by atoms with E-state index in [2.05, 4.69) is 0 Å². The summed E-state index contributed by atoms with van der Waals surface area (Å²) >= 11 is 1.27. The normalized spacial score (nSPS) is 16.9. The molecule has 19 heavy (non-hydrogen) atoms. The summed E-state index contributed by atoms with van der Waals surface area (Å²) in [6.07, 6.45) is -2.25.